The Hall–Kier alpha value is -6.12. The maximum Gasteiger partial charge on any atom is 0.0541 e. The minimum absolute atomic E-state index is 1.08. The quantitative estimate of drug-likeness (QED) is 0.177. The van der Waals surface area contributed by atoms with Crippen molar-refractivity contribution in [3.05, 3.63) is 181 Å². The van der Waals surface area contributed by atoms with Crippen LogP contribution in [0, 0.1) is 0 Å². The molecular weight excluding hydrogens is 605 g/mol. The smallest absolute Gasteiger partial charge is 0.0541 e. The summed E-state index contributed by atoms with van der Waals surface area (Å²) in [4.78, 5) is 0. The summed E-state index contributed by atoms with van der Waals surface area (Å²) in [7, 11) is 0. The summed E-state index contributed by atoms with van der Waals surface area (Å²) in [6.07, 6.45) is 18.1. The highest BCUT2D eigenvalue weighted by molar-refractivity contribution is 6.13. The minimum Gasteiger partial charge on any atom is -0.309 e. The highest BCUT2D eigenvalue weighted by Crippen LogP contribution is 2.40. The first-order valence-corrected chi connectivity index (χ1v) is 17.8. The molecule has 2 aliphatic carbocycles. The van der Waals surface area contributed by atoms with Gasteiger partial charge in [0.15, 0.2) is 0 Å². The molecule has 0 radical (unpaired) electrons. The van der Waals surface area contributed by atoms with Gasteiger partial charge >= 0.3 is 0 Å². The number of aromatic nitrogens is 2. The summed E-state index contributed by atoms with van der Waals surface area (Å²) in [5.74, 6) is 0. The Kier molecular flexibility index (Phi) is 6.80. The summed E-state index contributed by atoms with van der Waals surface area (Å²) in [5.41, 5.74) is 15.0. The lowest BCUT2D eigenvalue weighted by Crippen LogP contribution is -1.96. The first-order chi connectivity index (χ1) is 24.8. The number of fused-ring (bicyclic) bond motifs is 6. The standard InChI is InChI=1S/C48H36N2/c1-4-13-33(14-5-1)35-17-12-20-40(29-35)50-47-26-23-36(34-15-6-2-7-16-34)30-43(47)44-32-38(25-28-48(44)50)37-24-27-46-42(31-37)41-21-10-11-22-45(41)49(46)39-18-8-3-9-19-39/h2-4,6,8-15,17-32H,1,5,7,16H2. The van der Waals surface area contributed by atoms with E-state index in [9.17, 15) is 0 Å². The number of allylic oxidation sites excluding steroid dienone is 8. The molecule has 2 heterocycles. The summed E-state index contributed by atoms with van der Waals surface area (Å²) < 4.78 is 4.84. The van der Waals surface area contributed by atoms with Gasteiger partial charge in [-0.1, -0.05) is 103 Å². The van der Waals surface area contributed by atoms with Crippen LogP contribution >= 0.6 is 0 Å². The van der Waals surface area contributed by atoms with Gasteiger partial charge in [-0.25, -0.2) is 0 Å². The molecule has 0 atom stereocenters. The fourth-order valence-corrected chi connectivity index (χ4v) is 8.18. The Morgan fingerprint density at radius 2 is 1.06 bits per heavy atom. The molecule has 0 saturated carbocycles. The van der Waals surface area contributed by atoms with Crippen LogP contribution in [0.4, 0.5) is 0 Å². The predicted octanol–water partition coefficient (Wildman–Crippen LogP) is 13.0. The van der Waals surface area contributed by atoms with E-state index in [1.54, 1.807) is 0 Å². The summed E-state index contributed by atoms with van der Waals surface area (Å²) in [5, 5.41) is 5.11. The number of para-hydroxylation sites is 2. The topological polar surface area (TPSA) is 9.86 Å². The molecule has 0 aliphatic heterocycles. The highest BCUT2D eigenvalue weighted by atomic mass is 15.0. The first kappa shape index (κ1) is 28.9. The van der Waals surface area contributed by atoms with Crippen molar-refractivity contribution in [1.29, 1.82) is 0 Å². The fourth-order valence-electron chi connectivity index (χ4n) is 8.18. The zero-order valence-electron chi connectivity index (χ0n) is 27.9. The number of hydrogen-bond donors (Lipinski definition) is 0. The Morgan fingerprint density at radius 1 is 0.420 bits per heavy atom. The molecule has 2 heteroatoms. The molecule has 8 aromatic rings. The molecule has 6 aromatic carbocycles. The van der Waals surface area contributed by atoms with Crippen molar-refractivity contribution < 1.29 is 0 Å². The van der Waals surface area contributed by atoms with E-state index in [1.165, 1.54) is 88.4 Å². The number of nitrogens with zero attached hydrogens (tertiary/aromatic N) is 2. The zero-order chi connectivity index (χ0) is 33.0. The van der Waals surface area contributed by atoms with Gasteiger partial charge in [0.05, 0.1) is 22.1 Å². The van der Waals surface area contributed by atoms with E-state index in [1.807, 2.05) is 0 Å². The molecule has 50 heavy (non-hydrogen) atoms. The van der Waals surface area contributed by atoms with Gasteiger partial charge < -0.3 is 9.13 Å². The molecular formula is C48H36N2. The third-order valence-corrected chi connectivity index (χ3v) is 10.6. The molecule has 0 saturated heterocycles. The average Bonchev–Trinajstić information content (AvgIpc) is 3.71. The lowest BCUT2D eigenvalue weighted by atomic mass is 9.95. The highest BCUT2D eigenvalue weighted by Gasteiger charge is 2.18. The van der Waals surface area contributed by atoms with Gasteiger partial charge in [-0.3, -0.25) is 0 Å². The summed E-state index contributed by atoms with van der Waals surface area (Å²) >= 11 is 0. The van der Waals surface area contributed by atoms with E-state index < -0.39 is 0 Å². The van der Waals surface area contributed by atoms with Crippen LogP contribution in [0.1, 0.15) is 36.8 Å². The van der Waals surface area contributed by atoms with E-state index in [0.717, 1.165) is 25.7 Å². The zero-order valence-corrected chi connectivity index (χ0v) is 27.9. The normalized spacial score (nSPS) is 14.6. The molecule has 2 nitrogen and oxygen atoms in total. The van der Waals surface area contributed by atoms with Crippen LogP contribution in [0.15, 0.2) is 170 Å². The molecule has 0 fully saturated rings. The fraction of sp³-hybridized carbons (Fsp3) is 0.0833. The van der Waals surface area contributed by atoms with E-state index in [-0.39, 0.29) is 0 Å². The minimum atomic E-state index is 1.08. The molecule has 0 bridgehead atoms. The van der Waals surface area contributed by atoms with Crippen LogP contribution in [0.5, 0.6) is 0 Å². The van der Waals surface area contributed by atoms with Crippen LogP contribution < -0.4 is 0 Å². The van der Waals surface area contributed by atoms with Crippen molar-refractivity contribution in [3.63, 3.8) is 0 Å². The SMILES string of the molecule is C1=CCCC(c2ccc3c(c2)c2cc(-c4ccc5c(c4)c4ccccc4n5-c4ccccc4)ccc2n3-c2cccc(C3=CCCC=C3)c2)=C1. The Morgan fingerprint density at radius 3 is 1.78 bits per heavy atom. The van der Waals surface area contributed by atoms with Crippen molar-refractivity contribution in [2.24, 2.45) is 0 Å². The van der Waals surface area contributed by atoms with Crippen molar-refractivity contribution in [1.82, 2.24) is 9.13 Å². The molecule has 0 N–H and O–H groups in total. The molecule has 2 aromatic heterocycles. The van der Waals surface area contributed by atoms with Gasteiger partial charge in [0.1, 0.15) is 0 Å². The maximum absolute atomic E-state index is 2.46. The van der Waals surface area contributed by atoms with Gasteiger partial charge in [0.25, 0.3) is 0 Å². The third-order valence-electron chi connectivity index (χ3n) is 10.6. The van der Waals surface area contributed by atoms with Gasteiger partial charge in [0.2, 0.25) is 0 Å². The molecule has 0 unspecified atom stereocenters. The van der Waals surface area contributed by atoms with Crippen molar-refractivity contribution in [2.45, 2.75) is 25.7 Å². The maximum atomic E-state index is 2.46. The Labute approximate surface area is 292 Å². The van der Waals surface area contributed by atoms with E-state index >= 15 is 0 Å². The van der Waals surface area contributed by atoms with Crippen LogP contribution in [0.25, 0.3) is 77.3 Å². The van der Waals surface area contributed by atoms with E-state index in [0.29, 0.717) is 0 Å². The molecule has 10 rings (SSSR count). The van der Waals surface area contributed by atoms with Crippen molar-refractivity contribution in [3.8, 4) is 22.5 Å². The second-order valence-corrected chi connectivity index (χ2v) is 13.6. The number of rotatable bonds is 5. The summed E-state index contributed by atoms with van der Waals surface area (Å²) in [6.45, 7) is 0. The molecule has 0 spiro atoms. The van der Waals surface area contributed by atoms with Gasteiger partial charge in [0, 0.05) is 32.9 Å². The van der Waals surface area contributed by atoms with Gasteiger partial charge in [-0.05, 0) is 126 Å². The first-order valence-electron chi connectivity index (χ1n) is 17.8. The van der Waals surface area contributed by atoms with Crippen LogP contribution in [0.2, 0.25) is 0 Å². The lowest BCUT2D eigenvalue weighted by Gasteiger charge is -2.13. The van der Waals surface area contributed by atoms with Crippen LogP contribution in [-0.2, 0) is 0 Å². The Bertz CT molecular complexity index is 2740. The molecule has 2 aliphatic rings. The number of hydrogen-bond acceptors (Lipinski definition) is 0. The molecule has 238 valence electrons. The van der Waals surface area contributed by atoms with Gasteiger partial charge in [-0.2, -0.15) is 0 Å². The molecule has 0 amide bonds. The monoisotopic (exact) mass is 640 g/mol. The summed E-state index contributed by atoms with van der Waals surface area (Å²) in [6, 6.07) is 49.6. The van der Waals surface area contributed by atoms with Crippen molar-refractivity contribution in [2.75, 3.05) is 0 Å². The second kappa shape index (κ2) is 11.8. The van der Waals surface area contributed by atoms with Crippen LogP contribution in [-0.4, -0.2) is 9.13 Å². The van der Waals surface area contributed by atoms with E-state index in [4.69, 9.17) is 0 Å². The Balaban J connectivity index is 1.18. The number of benzene rings is 6. The predicted molar refractivity (Wildman–Crippen MR) is 213 cm³/mol. The van der Waals surface area contributed by atoms with Crippen molar-refractivity contribution >= 4 is 54.8 Å². The second-order valence-electron chi connectivity index (χ2n) is 13.6. The lowest BCUT2D eigenvalue weighted by molar-refractivity contribution is 1.04. The average molecular weight is 641 g/mol. The van der Waals surface area contributed by atoms with E-state index in [2.05, 4.69) is 179 Å². The third kappa shape index (κ3) is 4.71. The van der Waals surface area contributed by atoms with Gasteiger partial charge in [-0.15, -0.1) is 0 Å². The van der Waals surface area contributed by atoms with Crippen LogP contribution in [0.3, 0.4) is 0 Å². The largest absolute Gasteiger partial charge is 0.309 e.